The fraction of sp³-hybridized carbons (Fsp3) is 0.625. The van der Waals surface area contributed by atoms with Crippen LogP contribution in [0.5, 0.6) is 0 Å². The molecule has 0 amide bonds. The summed E-state index contributed by atoms with van der Waals surface area (Å²) in [5, 5.41) is 3.38. The van der Waals surface area contributed by atoms with Gasteiger partial charge in [-0.15, -0.1) is 0 Å². The lowest BCUT2D eigenvalue weighted by atomic mass is 9.79. The normalized spacial score (nSPS) is 17.8. The molecule has 1 aromatic rings. The Bertz CT molecular complexity index is 337. The molecule has 17 heavy (non-hydrogen) atoms. The summed E-state index contributed by atoms with van der Waals surface area (Å²) in [6.45, 7) is 2.26. The number of rotatable bonds is 6. The van der Waals surface area contributed by atoms with E-state index in [0.29, 0.717) is 6.04 Å². The molecule has 0 radical (unpaired) electrons. The highest BCUT2D eigenvalue weighted by Crippen LogP contribution is 2.36. The lowest BCUT2D eigenvalue weighted by Gasteiger charge is -2.26. The molecule has 1 aliphatic rings. The monoisotopic (exact) mass is 231 g/mol. The molecule has 2 rings (SSSR count). The minimum Gasteiger partial charge on any atom is -0.317 e. The van der Waals surface area contributed by atoms with Gasteiger partial charge in [-0.2, -0.15) is 0 Å². The van der Waals surface area contributed by atoms with Gasteiger partial charge in [-0.3, -0.25) is 0 Å². The van der Waals surface area contributed by atoms with Crippen molar-refractivity contribution in [2.75, 3.05) is 7.05 Å². The Labute approximate surface area is 106 Å². The predicted molar refractivity (Wildman–Crippen MR) is 74.5 cm³/mol. The van der Waals surface area contributed by atoms with Crippen LogP contribution < -0.4 is 5.32 Å². The summed E-state index contributed by atoms with van der Waals surface area (Å²) < 4.78 is 0. The molecule has 1 aliphatic carbocycles. The third-order valence-corrected chi connectivity index (χ3v) is 4.21. The standard InChI is InChI=1S/C16H25N/c1-3-16(17-2)11-10-13-6-4-9-15(12-13)14-7-5-8-14/h4,6,9,12,14,16-17H,3,5,7-8,10-11H2,1-2H3. The molecule has 1 fully saturated rings. The fourth-order valence-electron chi connectivity index (χ4n) is 2.64. The first-order chi connectivity index (χ1) is 8.33. The van der Waals surface area contributed by atoms with Gasteiger partial charge in [0.2, 0.25) is 0 Å². The molecule has 1 heteroatoms. The van der Waals surface area contributed by atoms with Crippen molar-refractivity contribution >= 4 is 0 Å². The van der Waals surface area contributed by atoms with E-state index in [1.165, 1.54) is 44.1 Å². The second kappa shape index (κ2) is 6.20. The molecule has 1 atom stereocenters. The maximum atomic E-state index is 3.38. The van der Waals surface area contributed by atoms with Crippen LogP contribution in [-0.4, -0.2) is 13.1 Å². The summed E-state index contributed by atoms with van der Waals surface area (Å²) in [6, 6.07) is 9.94. The van der Waals surface area contributed by atoms with Crippen molar-refractivity contribution < 1.29 is 0 Å². The van der Waals surface area contributed by atoms with E-state index < -0.39 is 0 Å². The number of aryl methyl sites for hydroxylation is 1. The van der Waals surface area contributed by atoms with Gasteiger partial charge in [0.15, 0.2) is 0 Å². The zero-order valence-electron chi connectivity index (χ0n) is 11.2. The number of benzene rings is 1. The van der Waals surface area contributed by atoms with Crippen LogP contribution in [0.1, 0.15) is 56.1 Å². The highest BCUT2D eigenvalue weighted by atomic mass is 14.9. The summed E-state index contributed by atoms with van der Waals surface area (Å²) in [7, 11) is 2.07. The molecule has 0 aromatic heterocycles. The van der Waals surface area contributed by atoms with E-state index in [0.717, 1.165) is 5.92 Å². The maximum Gasteiger partial charge on any atom is 0.00646 e. The Balaban J connectivity index is 1.91. The molecule has 1 nitrogen and oxygen atoms in total. The van der Waals surface area contributed by atoms with Crippen molar-refractivity contribution in [2.24, 2.45) is 0 Å². The van der Waals surface area contributed by atoms with Crippen LogP contribution in [0.15, 0.2) is 24.3 Å². The molecule has 1 saturated carbocycles. The van der Waals surface area contributed by atoms with E-state index in [4.69, 9.17) is 0 Å². The average Bonchev–Trinajstić information content (AvgIpc) is 2.29. The lowest BCUT2D eigenvalue weighted by molar-refractivity contribution is 0.419. The molecular weight excluding hydrogens is 206 g/mol. The van der Waals surface area contributed by atoms with Gasteiger partial charge in [0.25, 0.3) is 0 Å². The van der Waals surface area contributed by atoms with Crippen LogP contribution in [0.25, 0.3) is 0 Å². The van der Waals surface area contributed by atoms with Gasteiger partial charge in [0, 0.05) is 6.04 Å². The summed E-state index contributed by atoms with van der Waals surface area (Å²) in [4.78, 5) is 0. The van der Waals surface area contributed by atoms with Crippen LogP contribution in [0.3, 0.4) is 0 Å². The summed E-state index contributed by atoms with van der Waals surface area (Å²) >= 11 is 0. The van der Waals surface area contributed by atoms with Gasteiger partial charge in [0.1, 0.15) is 0 Å². The predicted octanol–water partition coefficient (Wildman–Crippen LogP) is 3.88. The highest BCUT2D eigenvalue weighted by Gasteiger charge is 2.19. The van der Waals surface area contributed by atoms with Crippen LogP contribution >= 0.6 is 0 Å². The van der Waals surface area contributed by atoms with Crippen molar-refractivity contribution in [3.63, 3.8) is 0 Å². The zero-order chi connectivity index (χ0) is 12.1. The first-order valence-corrected chi connectivity index (χ1v) is 7.09. The smallest absolute Gasteiger partial charge is 0.00646 e. The van der Waals surface area contributed by atoms with Crippen molar-refractivity contribution in [1.29, 1.82) is 0 Å². The zero-order valence-corrected chi connectivity index (χ0v) is 11.2. The molecule has 1 aromatic carbocycles. The van der Waals surface area contributed by atoms with E-state index in [-0.39, 0.29) is 0 Å². The summed E-state index contributed by atoms with van der Waals surface area (Å²) in [5.41, 5.74) is 3.09. The van der Waals surface area contributed by atoms with Crippen molar-refractivity contribution in [1.82, 2.24) is 5.32 Å². The molecule has 0 heterocycles. The minimum atomic E-state index is 0.669. The van der Waals surface area contributed by atoms with Crippen molar-refractivity contribution in [3.8, 4) is 0 Å². The van der Waals surface area contributed by atoms with E-state index >= 15 is 0 Å². The highest BCUT2D eigenvalue weighted by molar-refractivity contribution is 5.27. The second-order valence-electron chi connectivity index (χ2n) is 5.31. The topological polar surface area (TPSA) is 12.0 Å². The molecule has 0 spiro atoms. The van der Waals surface area contributed by atoms with Gasteiger partial charge in [-0.05, 0) is 56.2 Å². The number of hydrogen-bond acceptors (Lipinski definition) is 1. The average molecular weight is 231 g/mol. The van der Waals surface area contributed by atoms with Crippen molar-refractivity contribution in [3.05, 3.63) is 35.4 Å². The first kappa shape index (κ1) is 12.6. The van der Waals surface area contributed by atoms with Gasteiger partial charge >= 0.3 is 0 Å². The Morgan fingerprint density at radius 1 is 1.35 bits per heavy atom. The van der Waals surface area contributed by atoms with Crippen LogP contribution in [0, 0.1) is 0 Å². The Morgan fingerprint density at radius 3 is 2.76 bits per heavy atom. The van der Waals surface area contributed by atoms with Crippen LogP contribution in [0.2, 0.25) is 0 Å². The quantitative estimate of drug-likeness (QED) is 0.783. The van der Waals surface area contributed by atoms with Crippen LogP contribution in [-0.2, 0) is 6.42 Å². The molecule has 1 N–H and O–H groups in total. The summed E-state index contributed by atoms with van der Waals surface area (Å²) in [5.74, 6) is 0.862. The fourth-order valence-corrected chi connectivity index (χ4v) is 2.64. The Morgan fingerprint density at radius 2 is 2.18 bits per heavy atom. The van der Waals surface area contributed by atoms with E-state index in [2.05, 4.69) is 43.6 Å². The summed E-state index contributed by atoms with van der Waals surface area (Å²) in [6.07, 6.45) is 7.90. The Hall–Kier alpha value is -0.820. The third-order valence-electron chi connectivity index (χ3n) is 4.21. The molecule has 94 valence electrons. The number of hydrogen-bond donors (Lipinski definition) is 1. The van der Waals surface area contributed by atoms with Gasteiger partial charge in [0.05, 0.1) is 0 Å². The first-order valence-electron chi connectivity index (χ1n) is 7.09. The van der Waals surface area contributed by atoms with Gasteiger partial charge < -0.3 is 5.32 Å². The number of nitrogens with one attached hydrogen (secondary N) is 1. The third kappa shape index (κ3) is 3.32. The van der Waals surface area contributed by atoms with Crippen LogP contribution in [0.4, 0.5) is 0 Å². The van der Waals surface area contributed by atoms with E-state index in [1.54, 1.807) is 5.56 Å². The minimum absolute atomic E-state index is 0.669. The van der Waals surface area contributed by atoms with E-state index in [9.17, 15) is 0 Å². The molecule has 1 unspecified atom stereocenters. The van der Waals surface area contributed by atoms with Crippen molar-refractivity contribution in [2.45, 2.75) is 57.4 Å². The van der Waals surface area contributed by atoms with E-state index in [1.807, 2.05) is 0 Å². The Kier molecular flexibility index (Phi) is 4.61. The molecular formula is C16H25N. The second-order valence-corrected chi connectivity index (χ2v) is 5.31. The SMILES string of the molecule is CCC(CCc1cccc(C2CCC2)c1)NC. The molecule has 0 aliphatic heterocycles. The largest absolute Gasteiger partial charge is 0.317 e. The van der Waals surface area contributed by atoms with Gasteiger partial charge in [-0.1, -0.05) is 37.6 Å². The molecule has 0 saturated heterocycles. The van der Waals surface area contributed by atoms with Gasteiger partial charge in [-0.25, -0.2) is 0 Å². The molecule has 0 bridgehead atoms. The lowest BCUT2D eigenvalue weighted by Crippen LogP contribution is -2.24. The maximum absolute atomic E-state index is 3.38.